The minimum absolute atomic E-state index is 0.354. The van der Waals surface area contributed by atoms with Crippen LogP contribution in [0.2, 0.25) is 0 Å². The SMILES string of the molecule is Cc1c(C)c2c(c(C)c1OCC(C)C)CCC(C)(COc1ccc(C=C3SC(=O)NC3=O)cc1Br)O2. The maximum absolute atomic E-state index is 11.8. The normalized spacial score (nSPS) is 20.4. The first-order valence-electron chi connectivity index (χ1n) is 12.1. The molecule has 0 spiro atoms. The number of nitrogens with one attached hydrogen (secondary N) is 1. The van der Waals surface area contributed by atoms with Crippen molar-refractivity contribution in [1.82, 2.24) is 5.32 Å². The van der Waals surface area contributed by atoms with E-state index in [4.69, 9.17) is 14.2 Å². The fourth-order valence-electron chi connectivity index (χ4n) is 4.38. The Morgan fingerprint density at radius 3 is 2.56 bits per heavy atom. The van der Waals surface area contributed by atoms with E-state index in [2.05, 4.69) is 62.8 Å². The van der Waals surface area contributed by atoms with Crippen molar-refractivity contribution >= 4 is 44.9 Å². The van der Waals surface area contributed by atoms with E-state index in [1.165, 1.54) is 11.1 Å². The van der Waals surface area contributed by atoms with E-state index in [0.717, 1.165) is 57.3 Å². The van der Waals surface area contributed by atoms with E-state index >= 15 is 0 Å². The Bertz CT molecular complexity index is 1260. The van der Waals surface area contributed by atoms with Gasteiger partial charge in [0.15, 0.2) is 0 Å². The summed E-state index contributed by atoms with van der Waals surface area (Å²) in [7, 11) is 0. The number of benzene rings is 2. The van der Waals surface area contributed by atoms with Gasteiger partial charge in [-0.25, -0.2) is 0 Å². The van der Waals surface area contributed by atoms with Crippen LogP contribution in [0.25, 0.3) is 6.08 Å². The van der Waals surface area contributed by atoms with Crippen molar-refractivity contribution in [2.75, 3.05) is 13.2 Å². The maximum Gasteiger partial charge on any atom is 0.290 e. The molecular formula is C28H32BrNO5S. The summed E-state index contributed by atoms with van der Waals surface area (Å²) in [5.41, 5.74) is 4.95. The fourth-order valence-corrected chi connectivity index (χ4v) is 5.57. The number of hydrogen-bond donors (Lipinski definition) is 1. The van der Waals surface area contributed by atoms with Gasteiger partial charge in [-0.1, -0.05) is 19.9 Å². The van der Waals surface area contributed by atoms with Crippen LogP contribution in [0, 0.1) is 26.7 Å². The van der Waals surface area contributed by atoms with Crippen molar-refractivity contribution in [3.05, 3.63) is 55.4 Å². The van der Waals surface area contributed by atoms with Crippen molar-refractivity contribution in [2.45, 2.75) is 60.0 Å². The molecule has 36 heavy (non-hydrogen) atoms. The van der Waals surface area contributed by atoms with Crippen LogP contribution in [0.1, 0.15) is 55.0 Å². The highest BCUT2D eigenvalue weighted by atomic mass is 79.9. The third kappa shape index (κ3) is 5.59. The zero-order chi connectivity index (χ0) is 26.2. The number of thioether (sulfide) groups is 1. The first-order chi connectivity index (χ1) is 17.0. The number of amides is 2. The highest BCUT2D eigenvalue weighted by Crippen LogP contribution is 2.44. The van der Waals surface area contributed by atoms with Crippen LogP contribution in [-0.2, 0) is 11.2 Å². The number of carbonyl (C=O) groups is 2. The van der Waals surface area contributed by atoms with E-state index in [0.29, 0.717) is 29.8 Å². The second-order valence-electron chi connectivity index (χ2n) is 10.1. The Hall–Kier alpha value is -2.45. The van der Waals surface area contributed by atoms with Crippen LogP contribution in [0.5, 0.6) is 17.2 Å². The van der Waals surface area contributed by atoms with Gasteiger partial charge in [-0.2, -0.15) is 0 Å². The standard InChI is InChI=1S/C28H32BrNO5S/c1-15(2)13-33-24-16(3)17(4)25-20(18(24)5)9-10-28(6,35-25)14-34-22-8-7-19(11-21(22)29)12-23-26(31)30-27(32)36-23/h7-8,11-12,15H,9-10,13-14H2,1-6H3,(H,30,31,32). The molecule has 1 unspecified atom stereocenters. The van der Waals surface area contributed by atoms with Crippen LogP contribution >= 0.6 is 27.7 Å². The predicted molar refractivity (Wildman–Crippen MR) is 147 cm³/mol. The summed E-state index contributed by atoms with van der Waals surface area (Å²) >= 11 is 4.47. The maximum atomic E-state index is 11.8. The van der Waals surface area contributed by atoms with Crippen LogP contribution in [0.4, 0.5) is 4.79 Å². The molecule has 2 amide bonds. The quantitative estimate of drug-likeness (QED) is 0.363. The Balaban J connectivity index is 1.48. The van der Waals surface area contributed by atoms with Crippen LogP contribution in [0.3, 0.4) is 0 Å². The lowest BCUT2D eigenvalue weighted by atomic mass is 9.87. The Labute approximate surface area is 225 Å². The van der Waals surface area contributed by atoms with Gasteiger partial charge < -0.3 is 14.2 Å². The third-order valence-corrected chi connectivity index (χ3v) is 7.98. The van der Waals surface area contributed by atoms with Gasteiger partial charge in [0.25, 0.3) is 11.1 Å². The van der Waals surface area contributed by atoms with Gasteiger partial charge in [-0.3, -0.25) is 14.9 Å². The Morgan fingerprint density at radius 1 is 1.17 bits per heavy atom. The van der Waals surface area contributed by atoms with E-state index in [9.17, 15) is 9.59 Å². The summed E-state index contributed by atoms with van der Waals surface area (Å²) in [6.07, 6.45) is 3.41. The minimum atomic E-state index is -0.476. The summed E-state index contributed by atoms with van der Waals surface area (Å²) in [4.78, 5) is 23.6. The van der Waals surface area contributed by atoms with Crippen molar-refractivity contribution in [2.24, 2.45) is 5.92 Å². The van der Waals surface area contributed by atoms with E-state index in [1.807, 2.05) is 18.2 Å². The second-order valence-corrected chi connectivity index (χ2v) is 12.0. The molecule has 2 aromatic rings. The van der Waals surface area contributed by atoms with E-state index in [1.54, 1.807) is 6.08 Å². The molecule has 0 radical (unpaired) electrons. The molecule has 192 valence electrons. The van der Waals surface area contributed by atoms with Crippen LogP contribution < -0.4 is 19.5 Å². The monoisotopic (exact) mass is 573 g/mol. The van der Waals surface area contributed by atoms with E-state index < -0.39 is 5.60 Å². The Kier molecular flexibility index (Phi) is 7.76. The molecule has 0 bridgehead atoms. The highest BCUT2D eigenvalue weighted by Gasteiger charge is 2.36. The summed E-state index contributed by atoms with van der Waals surface area (Å²) in [6.45, 7) is 13.8. The van der Waals surface area contributed by atoms with Gasteiger partial charge >= 0.3 is 0 Å². The van der Waals surface area contributed by atoms with Gasteiger partial charge in [0.1, 0.15) is 29.5 Å². The zero-order valence-electron chi connectivity index (χ0n) is 21.5. The topological polar surface area (TPSA) is 73.9 Å². The molecule has 2 heterocycles. The zero-order valence-corrected chi connectivity index (χ0v) is 23.9. The number of rotatable bonds is 7. The molecule has 4 rings (SSSR count). The van der Waals surface area contributed by atoms with Crippen molar-refractivity contribution in [3.63, 3.8) is 0 Å². The van der Waals surface area contributed by atoms with Crippen LogP contribution in [-0.4, -0.2) is 30.0 Å². The molecule has 1 saturated heterocycles. The second kappa shape index (κ2) is 10.5. The van der Waals surface area contributed by atoms with Crippen molar-refractivity contribution in [3.8, 4) is 17.2 Å². The first-order valence-corrected chi connectivity index (χ1v) is 13.7. The molecule has 1 fully saturated rings. The molecule has 1 N–H and O–H groups in total. The smallest absolute Gasteiger partial charge is 0.290 e. The first kappa shape index (κ1) is 26.6. The largest absolute Gasteiger partial charge is 0.493 e. The molecule has 2 aliphatic heterocycles. The lowest BCUT2D eigenvalue weighted by Gasteiger charge is -2.38. The molecule has 6 nitrogen and oxygen atoms in total. The summed E-state index contributed by atoms with van der Waals surface area (Å²) in [5.74, 6) is 2.71. The lowest BCUT2D eigenvalue weighted by molar-refractivity contribution is -0.115. The third-order valence-electron chi connectivity index (χ3n) is 6.55. The Morgan fingerprint density at radius 2 is 1.92 bits per heavy atom. The summed E-state index contributed by atoms with van der Waals surface area (Å²) in [5, 5.41) is 1.91. The number of hydrogen-bond acceptors (Lipinski definition) is 6. The van der Waals surface area contributed by atoms with Gasteiger partial charge in [-0.15, -0.1) is 0 Å². The summed E-state index contributed by atoms with van der Waals surface area (Å²) in [6, 6.07) is 5.58. The van der Waals surface area contributed by atoms with Crippen LogP contribution in [0.15, 0.2) is 27.6 Å². The lowest BCUT2D eigenvalue weighted by Crippen LogP contribution is -2.42. The average Bonchev–Trinajstić information content (AvgIpc) is 3.13. The number of carbonyl (C=O) groups excluding carboxylic acids is 2. The molecule has 2 aromatic carbocycles. The fraction of sp³-hybridized carbons (Fsp3) is 0.429. The van der Waals surface area contributed by atoms with Crippen molar-refractivity contribution < 1.29 is 23.8 Å². The molecule has 0 aromatic heterocycles. The van der Waals surface area contributed by atoms with Gasteiger partial charge in [0.2, 0.25) is 0 Å². The summed E-state index contributed by atoms with van der Waals surface area (Å²) < 4.78 is 19.7. The van der Waals surface area contributed by atoms with Gasteiger partial charge in [-0.05, 0) is 115 Å². The minimum Gasteiger partial charge on any atom is -0.493 e. The molecule has 0 saturated carbocycles. The van der Waals surface area contributed by atoms with Gasteiger partial charge in [0, 0.05) is 5.56 Å². The molecule has 1 atom stereocenters. The molecule has 8 heteroatoms. The number of ether oxygens (including phenoxy) is 3. The van der Waals surface area contributed by atoms with Gasteiger partial charge in [0.05, 0.1) is 16.0 Å². The molecule has 2 aliphatic rings. The molecular weight excluding hydrogens is 542 g/mol. The van der Waals surface area contributed by atoms with E-state index in [-0.39, 0.29) is 11.1 Å². The predicted octanol–water partition coefficient (Wildman–Crippen LogP) is 6.90. The van der Waals surface area contributed by atoms with Crippen molar-refractivity contribution in [1.29, 1.82) is 0 Å². The number of imide groups is 1. The average molecular weight is 575 g/mol. The highest BCUT2D eigenvalue weighted by molar-refractivity contribution is 9.10. The number of fused-ring (bicyclic) bond motifs is 1. The molecule has 0 aliphatic carbocycles. The number of halogens is 1.